The van der Waals surface area contributed by atoms with Crippen LogP contribution in [0.1, 0.15) is 129 Å². The standard InChI is InChI=1S/C27H39NO11.C20H26N2O6.C17H20O8/c1-19(2)36-15-32-11-27(12-33-16-37-20(3)4,13-34-17-38-21(5)6)14-35-18-39-25-9-8-23(28-22(7)29)10-24(25)26(30)31;1-12(2)27-11-28-18-9-8-16(10-17(18)20(25)26)22-19(24)14-4-6-15(7-5-14)21-13(3)23;1-4-15(18)25-12-5-6-13(16(19)20)14(9-12)17(21)23-8-7-22-10-24-11(2)3/h8-10H,1,3,5,11-18H2,2,4,6-7H3,(H,28,29)(H,30,31);8-10,14-15H,1,4-7,11H2,2-3H3,(H,21,23)(H,22,24)(H,25,26);5-6,9H,2,4,7-8,10H2,1,3H3,(H,19,20). The number of esters is 2. The number of carbonyl (C=O) groups excluding carboxylic acids is 5. The van der Waals surface area contributed by atoms with Crippen LogP contribution in [-0.2, 0) is 71.3 Å². The number of carbonyl (C=O) groups is 8. The van der Waals surface area contributed by atoms with Gasteiger partial charge in [0, 0.05) is 43.6 Å². The van der Waals surface area contributed by atoms with Crippen LogP contribution in [0, 0.1) is 11.3 Å². The summed E-state index contributed by atoms with van der Waals surface area (Å²) in [6.45, 7) is 30.5. The Morgan fingerprint density at radius 3 is 1.35 bits per heavy atom. The summed E-state index contributed by atoms with van der Waals surface area (Å²) in [5.41, 5.74) is -0.845. The lowest BCUT2D eigenvalue weighted by molar-refractivity contribution is -0.167. The Labute approximate surface area is 534 Å². The number of carboxylic acids is 3. The molecule has 0 aliphatic heterocycles. The van der Waals surface area contributed by atoms with Gasteiger partial charge in [-0.25, -0.2) is 19.2 Å². The largest absolute Gasteiger partial charge is 0.478 e. The third-order valence-corrected chi connectivity index (χ3v) is 11.9. The molecule has 3 amide bonds. The van der Waals surface area contributed by atoms with Gasteiger partial charge in [0.2, 0.25) is 24.5 Å². The van der Waals surface area contributed by atoms with Gasteiger partial charge in [-0.2, -0.15) is 0 Å². The Balaban J connectivity index is 0.000000484. The fourth-order valence-electron chi connectivity index (χ4n) is 7.66. The van der Waals surface area contributed by atoms with E-state index in [2.05, 4.69) is 48.8 Å². The maximum Gasteiger partial charge on any atom is 0.339 e. The number of ether oxygens (including phenoxy) is 14. The van der Waals surface area contributed by atoms with Crippen molar-refractivity contribution >= 4 is 58.9 Å². The third-order valence-electron chi connectivity index (χ3n) is 11.9. The van der Waals surface area contributed by atoms with Crippen LogP contribution in [0.25, 0.3) is 0 Å². The van der Waals surface area contributed by atoms with Crippen molar-refractivity contribution in [2.75, 3.05) is 91.0 Å². The molecule has 0 bridgehead atoms. The summed E-state index contributed by atoms with van der Waals surface area (Å²) in [6, 6.07) is 12.4. The smallest absolute Gasteiger partial charge is 0.339 e. The third kappa shape index (κ3) is 32.8. The fourth-order valence-corrected chi connectivity index (χ4v) is 7.66. The van der Waals surface area contributed by atoms with Crippen molar-refractivity contribution in [2.24, 2.45) is 11.3 Å². The predicted molar refractivity (Wildman–Crippen MR) is 331 cm³/mol. The second-order valence-corrected chi connectivity index (χ2v) is 20.5. The van der Waals surface area contributed by atoms with E-state index >= 15 is 0 Å². The Hall–Kier alpha value is -9.48. The van der Waals surface area contributed by atoms with Crippen LogP contribution in [0.3, 0.4) is 0 Å². The molecule has 1 aliphatic carbocycles. The molecule has 28 heteroatoms. The Bertz CT molecular complexity index is 2950. The summed E-state index contributed by atoms with van der Waals surface area (Å²) in [5, 5.41) is 36.3. The Morgan fingerprint density at radius 2 is 0.913 bits per heavy atom. The van der Waals surface area contributed by atoms with Gasteiger partial charge in [0.15, 0.2) is 34.0 Å². The Morgan fingerprint density at radius 1 is 0.478 bits per heavy atom. The molecule has 0 unspecified atom stereocenters. The van der Waals surface area contributed by atoms with Gasteiger partial charge in [0.25, 0.3) is 0 Å². The van der Waals surface area contributed by atoms with Crippen LogP contribution in [-0.4, -0.2) is 149 Å². The van der Waals surface area contributed by atoms with Crippen LogP contribution in [0.2, 0.25) is 0 Å². The van der Waals surface area contributed by atoms with E-state index in [1.54, 1.807) is 47.6 Å². The number of allylic oxidation sites excluding steroid dienone is 5. The molecule has 0 aromatic heterocycles. The molecule has 3 aromatic carbocycles. The highest BCUT2D eigenvalue weighted by atomic mass is 16.7. The van der Waals surface area contributed by atoms with Crippen LogP contribution < -0.4 is 30.2 Å². The minimum atomic E-state index is -1.30. The van der Waals surface area contributed by atoms with E-state index < -0.39 is 35.3 Å². The van der Waals surface area contributed by atoms with E-state index in [-0.39, 0.29) is 156 Å². The van der Waals surface area contributed by atoms with Crippen molar-refractivity contribution in [1.29, 1.82) is 0 Å². The van der Waals surface area contributed by atoms with Crippen molar-refractivity contribution in [1.82, 2.24) is 5.32 Å². The van der Waals surface area contributed by atoms with E-state index in [9.17, 15) is 48.6 Å². The van der Waals surface area contributed by atoms with Crippen molar-refractivity contribution in [3.8, 4) is 17.2 Å². The number of nitrogens with one attached hydrogen (secondary N) is 3. The van der Waals surface area contributed by atoms with Crippen LogP contribution >= 0.6 is 0 Å². The number of carboxylic acid groups (broad SMARTS) is 3. The van der Waals surface area contributed by atoms with E-state index in [1.165, 1.54) is 56.3 Å². The number of anilines is 2. The number of hydrogen-bond acceptors (Lipinski definition) is 22. The number of rotatable bonds is 40. The topological polar surface area (TPSA) is 363 Å². The predicted octanol–water partition coefficient (Wildman–Crippen LogP) is 9.54. The summed E-state index contributed by atoms with van der Waals surface area (Å²) in [4.78, 5) is 92.7. The molecule has 1 saturated carbocycles. The van der Waals surface area contributed by atoms with Gasteiger partial charge in [-0.3, -0.25) is 19.2 Å². The molecule has 1 fully saturated rings. The molecule has 1 aliphatic rings. The highest BCUT2D eigenvalue weighted by molar-refractivity contribution is 6.03. The van der Waals surface area contributed by atoms with Crippen LogP contribution in [0.5, 0.6) is 17.2 Å². The van der Waals surface area contributed by atoms with Gasteiger partial charge in [-0.1, -0.05) is 39.8 Å². The molecule has 28 nitrogen and oxygen atoms in total. The zero-order chi connectivity index (χ0) is 68.8. The van der Waals surface area contributed by atoms with Gasteiger partial charge in [-0.15, -0.1) is 0 Å². The van der Waals surface area contributed by atoms with E-state index in [4.69, 9.17) is 71.4 Å². The molecule has 506 valence electrons. The van der Waals surface area contributed by atoms with Crippen LogP contribution in [0.4, 0.5) is 11.4 Å². The summed E-state index contributed by atoms with van der Waals surface area (Å²) < 4.78 is 74.6. The normalized spacial score (nSPS) is 13.0. The first-order valence-electron chi connectivity index (χ1n) is 28.5. The molecule has 0 saturated heterocycles. The summed E-state index contributed by atoms with van der Waals surface area (Å²) in [5.74, 6) is -3.12. The number of aromatic carboxylic acids is 3. The molecule has 0 atom stereocenters. The van der Waals surface area contributed by atoms with Gasteiger partial charge in [-0.05, 0) is 115 Å². The molecule has 92 heavy (non-hydrogen) atoms. The first kappa shape index (κ1) is 78.6. The molecule has 0 spiro atoms. The summed E-state index contributed by atoms with van der Waals surface area (Å²) in [7, 11) is 0. The van der Waals surface area contributed by atoms with E-state index in [0.29, 0.717) is 53.0 Å². The monoisotopic (exact) mass is 1300 g/mol. The highest BCUT2D eigenvalue weighted by Gasteiger charge is 2.34. The lowest BCUT2D eigenvalue weighted by Crippen LogP contribution is -2.42. The van der Waals surface area contributed by atoms with Crippen molar-refractivity contribution in [2.45, 2.75) is 93.5 Å². The second-order valence-electron chi connectivity index (χ2n) is 20.5. The van der Waals surface area contributed by atoms with E-state index in [1.807, 2.05) is 0 Å². The van der Waals surface area contributed by atoms with Gasteiger partial charge in [0.05, 0.1) is 78.4 Å². The zero-order valence-corrected chi connectivity index (χ0v) is 53.2. The molecular weight excluding hydrogens is 1210 g/mol. The van der Waals surface area contributed by atoms with Gasteiger partial charge in [0.1, 0.15) is 35.0 Å². The average Bonchev–Trinajstić information content (AvgIpc) is 0.895. The van der Waals surface area contributed by atoms with E-state index in [0.717, 1.165) is 18.9 Å². The molecule has 4 rings (SSSR count). The van der Waals surface area contributed by atoms with Gasteiger partial charge < -0.3 is 97.6 Å². The highest BCUT2D eigenvalue weighted by Crippen LogP contribution is 2.29. The SMILES string of the molecule is C=C(C)OCOCC(COCOC(=C)C)(COCOC(=C)C)COCOc1ccc(NC(C)=O)cc1C(=O)O.C=C(C)OCOCCOC(=O)c1cc(OC(=O)CC)ccc1C(=O)O.C=C(C)OCOc1ccc(NC(=O)C2CCC(NC(C)=O)CC2)cc1C(=O)O. The molecule has 0 heterocycles. The first-order chi connectivity index (χ1) is 43.5. The fraction of sp³-hybridized carbons (Fsp3) is 0.438. The summed E-state index contributed by atoms with van der Waals surface area (Å²) in [6.07, 6.45) is 2.97. The first-order valence-corrected chi connectivity index (χ1v) is 28.5. The van der Waals surface area contributed by atoms with Crippen molar-refractivity contribution in [3.63, 3.8) is 0 Å². The number of hydrogen-bond donors (Lipinski definition) is 6. The quantitative estimate of drug-likeness (QED) is 0.0101. The molecule has 3 aromatic rings. The van der Waals surface area contributed by atoms with Crippen molar-refractivity contribution in [3.05, 3.63) is 139 Å². The molecule has 6 N–H and O–H groups in total. The molecular formula is C64H85N3O25. The molecule has 0 radical (unpaired) electrons. The lowest BCUT2D eigenvalue weighted by atomic mass is 9.85. The maximum atomic E-state index is 12.5. The zero-order valence-electron chi connectivity index (χ0n) is 53.2. The second kappa shape index (κ2) is 42.5. The van der Waals surface area contributed by atoms with Crippen molar-refractivity contribution < 1.29 is 120 Å². The maximum absolute atomic E-state index is 12.5. The number of benzene rings is 3. The minimum Gasteiger partial charge on any atom is -0.478 e. The van der Waals surface area contributed by atoms with Gasteiger partial charge >= 0.3 is 29.8 Å². The lowest BCUT2D eigenvalue weighted by Gasteiger charge is -2.32. The minimum absolute atomic E-state index is 0.0204. The number of amides is 3. The Kier molecular flexibility index (Phi) is 36.3. The summed E-state index contributed by atoms with van der Waals surface area (Å²) >= 11 is 0. The average molecular weight is 1300 g/mol. The van der Waals surface area contributed by atoms with Crippen LogP contribution in [0.15, 0.2) is 116 Å².